The van der Waals surface area contributed by atoms with Crippen LogP contribution >= 0.6 is 15.9 Å². The lowest BCUT2D eigenvalue weighted by Gasteiger charge is -2.19. The molecule has 1 atom stereocenters. The number of aliphatic imine (C=N–C) groups is 1. The van der Waals surface area contributed by atoms with E-state index in [1.807, 2.05) is 42.5 Å². The van der Waals surface area contributed by atoms with Gasteiger partial charge in [-0.15, -0.1) is 0 Å². The van der Waals surface area contributed by atoms with Gasteiger partial charge in [0, 0.05) is 10.9 Å². The summed E-state index contributed by atoms with van der Waals surface area (Å²) in [6.45, 7) is 0.245. The normalized spacial score (nSPS) is 17.3. The van der Waals surface area contributed by atoms with Crippen molar-refractivity contribution in [2.45, 2.75) is 12.5 Å². The van der Waals surface area contributed by atoms with E-state index in [2.05, 4.69) is 31.2 Å². The average Bonchev–Trinajstić information content (AvgIpc) is 3.08. The highest BCUT2D eigenvalue weighted by Crippen LogP contribution is 2.40. The minimum Gasteiger partial charge on any atom is -0.454 e. The van der Waals surface area contributed by atoms with Crippen LogP contribution in [0, 0.1) is 0 Å². The van der Waals surface area contributed by atoms with Gasteiger partial charge in [0.1, 0.15) is 12.0 Å². The van der Waals surface area contributed by atoms with Crippen molar-refractivity contribution in [1.82, 2.24) is 9.97 Å². The Morgan fingerprint density at radius 1 is 1.04 bits per heavy atom. The summed E-state index contributed by atoms with van der Waals surface area (Å²) < 4.78 is 12.0. The van der Waals surface area contributed by atoms with Crippen LogP contribution in [0.4, 0.5) is 17.3 Å². The highest BCUT2D eigenvalue weighted by Gasteiger charge is 2.25. The molecule has 3 N–H and O–H groups in total. The number of anilines is 2. The third-order valence-corrected chi connectivity index (χ3v) is 5.31. The molecule has 3 heterocycles. The number of nitrogen functional groups attached to an aromatic ring is 1. The Morgan fingerprint density at radius 2 is 1.86 bits per heavy atom. The first-order valence-corrected chi connectivity index (χ1v) is 9.57. The van der Waals surface area contributed by atoms with Crippen LogP contribution in [0.3, 0.4) is 0 Å². The van der Waals surface area contributed by atoms with E-state index in [1.54, 1.807) is 0 Å². The second-order valence-electron chi connectivity index (χ2n) is 6.54. The Hall–Kier alpha value is -3.13. The molecule has 8 heteroatoms. The second-order valence-corrected chi connectivity index (χ2v) is 7.45. The molecule has 5 rings (SSSR count). The maximum atomic E-state index is 6.09. The van der Waals surface area contributed by atoms with Crippen molar-refractivity contribution >= 4 is 39.0 Å². The van der Waals surface area contributed by atoms with Crippen molar-refractivity contribution in [1.29, 1.82) is 0 Å². The smallest absolute Gasteiger partial charge is 0.231 e. The van der Waals surface area contributed by atoms with Gasteiger partial charge in [0.2, 0.25) is 6.79 Å². The molecule has 7 nitrogen and oxygen atoms in total. The zero-order chi connectivity index (χ0) is 19.1. The predicted molar refractivity (Wildman–Crippen MR) is 110 cm³/mol. The maximum absolute atomic E-state index is 6.09. The molecule has 0 radical (unpaired) electrons. The fourth-order valence-corrected chi connectivity index (χ4v) is 3.62. The standard InChI is InChI=1S/C20H16BrN5O2/c21-13-4-1-11(2-5-13)14-8-15(12-3-6-16-17(7-12)28-10-27-16)26-20-18(25-14)19(22)23-9-24-20/h1-7,9,15H,8,10H2,(H3,22,23,24,26). The van der Waals surface area contributed by atoms with Gasteiger partial charge in [0.05, 0.1) is 11.8 Å². The molecule has 2 aliphatic heterocycles. The number of halogens is 1. The molecule has 140 valence electrons. The van der Waals surface area contributed by atoms with Gasteiger partial charge in [0.15, 0.2) is 23.1 Å². The number of hydrogen-bond acceptors (Lipinski definition) is 7. The topological polar surface area (TPSA) is 94.7 Å². The molecule has 2 aliphatic rings. The number of benzene rings is 2. The summed E-state index contributed by atoms with van der Waals surface area (Å²) in [5.41, 5.74) is 9.63. The molecule has 2 aromatic carbocycles. The highest BCUT2D eigenvalue weighted by atomic mass is 79.9. The molecule has 0 amide bonds. The monoisotopic (exact) mass is 437 g/mol. The van der Waals surface area contributed by atoms with Crippen molar-refractivity contribution < 1.29 is 9.47 Å². The molecule has 0 bridgehead atoms. The van der Waals surface area contributed by atoms with Gasteiger partial charge in [-0.25, -0.2) is 15.0 Å². The Balaban J connectivity index is 1.60. The van der Waals surface area contributed by atoms with Gasteiger partial charge < -0.3 is 20.5 Å². The molecule has 0 saturated heterocycles. The summed E-state index contributed by atoms with van der Waals surface area (Å²) in [5.74, 6) is 2.46. The Kier molecular flexibility index (Phi) is 4.12. The van der Waals surface area contributed by atoms with E-state index in [9.17, 15) is 0 Å². The maximum Gasteiger partial charge on any atom is 0.231 e. The molecule has 3 aromatic rings. The Morgan fingerprint density at radius 3 is 2.71 bits per heavy atom. The first-order chi connectivity index (χ1) is 13.7. The van der Waals surface area contributed by atoms with Gasteiger partial charge in [-0.2, -0.15) is 0 Å². The third-order valence-electron chi connectivity index (χ3n) is 4.78. The third kappa shape index (κ3) is 3.05. The fraction of sp³-hybridized carbons (Fsp3) is 0.150. The number of nitrogens with zero attached hydrogens (tertiary/aromatic N) is 3. The van der Waals surface area contributed by atoms with Crippen LogP contribution in [-0.4, -0.2) is 22.5 Å². The summed E-state index contributed by atoms with van der Waals surface area (Å²) >= 11 is 3.48. The number of rotatable bonds is 2. The first-order valence-electron chi connectivity index (χ1n) is 8.77. The number of ether oxygens (including phenoxy) is 2. The van der Waals surface area contributed by atoms with Crippen LogP contribution in [0.15, 0.2) is 58.3 Å². The van der Waals surface area contributed by atoms with E-state index in [0.29, 0.717) is 23.7 Å². The van der Waals surface area contributed by atoms with Crippen molar-refractivity contribution in [3.63, 3.8) is 0 Å². The first kappa shape index (κ1) is 17.0. The van der Waals surface area contributed by atoms with Crippen LogP contribution in [0.25, 0.3) is 0 Å². The largest absolute Gasteiger partial charge is 0.454 e. The number of nitrogens with two attached hydrogens (primary N) is 1. The molecular formula is C20H16BrN5O2. The van der Waals surface area contributed by atoms with Crippen LogP contribution in [-0.2, 0) is 0 Å². The molecule has 1 unspecified atom stereocenters. The van der Waals surface area contributed by atoms with Gasteiger partial charge in [-0.05, 0) is 35.4 Å². The van der Waals surface area contributed by atoms with Gasteiger partial charge >= 0.3 is 0 Å². The van der Waals surface area contributed by atoms with Crippen molar-refractivity contribution in [2.24, 2.45) is 4.99 Å². The summed E-state index contributed by atoms with van der Waals surface area (Å²) in [7, 11) is 0. The molecule has 1 aromatic heterocycles. The Labute approximate surface area is 169 Å². The van der Waals surface area contributed by atoms with Gasteiger partial charge in [-0.1, -0.05) is 34.1 Å². The second kappa shape index (κ2) is 6.79. The van der Waals surface area contributed by atoms with E-state index in [4.69, 9.17) is 20.2 Å². The molecule has 28 heavy (non-hydrogen) atoms. The molecule has 0 saturated carbocycles. The molecule has 0 fully saturated rings. The lowest BCUT2D eigenvalue weighted by molar-refractivity contribution is 0.174. The number of nitrogens with one attached hydrogen (secondary N) is 1. The van der Waals surface area contributed by atoms with Crippen LogP contribution < -0.4 is 20.5 Å². The zero-order valence-corrected chi connectivity index (χ0v) is 16.3. The summed E-state index contributed by atoms with van der Waals surface area (Å²) in [6, 6.07) is 13.9. The van der Waals surface area contributed by atoms with E-state index >= 15 is 0 Å². The fourth-order valence-electron chi connectivity index (χ4n) is 3.35. The summed E-state index contributed by atoms with van der Waals surface area (Å²) in [4.78, 5) is 13.3. The minimum atomic E-state index is -0.0625. The van der Waals surface area contributed by atoms with Crippen LogP contribution in [0.2, 0.25) is 0 Å². The van der Waals surface area contributed by atoms with E-state index in [0.717, 1.165) is 32.8 Å². The van der Waals surface area contributed by atoms with E-state index < -0.39 is 0 Å². The van der Waals surface area contributed by atoms with Crippen LogP contribution in [0.5, 0.6) is 11.5 Å². The quantitative estimate of drug-likeness (QED) is 0.622. The van der Waals surface area contributed by atoms with Crippen molar-refractivity contribution in [2.75, 3.05) is 17.8 Å². The molecule has 0 aliphatic carbocycles. The lowest BCUT2D eigenvalue weighted by atomic mass is 9.97. The van der Waals surface area contributed by atoms with E-state index in [-0.39, 0.29) is 12.8 Å². The number of hydrogen-bond donors (Lipinski definition) is 2. The zero-order valence-electron chi connectivity index (χ0n) is 14.7. The SMILES string of the molecule is Nc1ncnc2c1N=C(c1ccc(Br)cc1)CC(c1ccc3c(c1)OCO3)N2. The lowest BCUT2D eigenvalue weighted by Crippen LogP contribution is -2.15. The van der Waals surface area contributed by atoms with Crippen LogP contribution in [0.1, 0.15) is 23.6 Å². The summed E-state index contributed by atoms with van der Waals surface area (Å²) in [5, 5.41) is 3.47. The number of aromatic nitrogens is 2. The Bertz CT molecular complexity index is 1080. The van der Waals surface area contributed by atoms with Crippen molar-refractivity contribution in [3.05, 3.63) is 64.4 Å². The van der Waals surface area contributed by atoms with Crippen molar-refractivity contribution in [3.8, 4) is 11.5 Å². The number of fused-ring (bicyclic) bond motifs is 2. The van der Waals surface area contributed by atoms with E-state index in [1.165, 1.54) is 6.33 Å². The average molecular weight is 438 g/mol. The summed E-state index contributed by atoms with van der Waals surface area (Å²) in [6.07, 6.45) is 2.09. The minimum absolute atomic E-state index is 0.0625. The molecular weight excluding hydrogens is 422 g/mol. The predicted octanol–water partition coefficient (Wildman–Crippen LogP) is 4.23. The van der Waals surface area contributed by atoms with Gasteiger partial charge in [0.25, 0.3) is 0 Å². The highest BCUT2D eigenvalue weighted by molar-refractivity contribution is 9.10. The van der Waals surface area contributed by atoms with Gasteiger partial charge in [-0.3, -0.25) is 0 Å². The molecule has 0 spiro atoms.